The van der Waals surface area contributed by atoms with Crippen LogP contribution >= 0.6 is 0 Å². The number of rotatable bonds is 7. The van der Waals surface area contributed by atoms with Crippen molar-refractivity contribution in [3.63, 3.8) is 0 Å². The Labute approximate surface area is 121 Å². The molecule has 1 amide bonds. The number of carbonyl (C=O) groups is 1. The summed E-state index contributed by atoms with van der Waals surface area (Å²) in [5.41, 5.74) is 0. The normalized spacial score (nSPS) is 18.9. The maximum atomic E-state index is 12.1. The fraction of sp³-hybridized carbons (Fsp3) is 0.688. The second-order valence-corrected chi connectivity index (χ2v) is 5.71. The van der Waals surface area contributed by atoms with E-state index in [1.54, 1.807) is 6.26 Å². The van der Waals surface area contributed by atoms with Crippen LogP contribution in [0.25, 0.3) is 0 Å². The Hall–Kier alpha value is -1.29. The van der Waals surface area contributed by atoms with Crippen LogP contribution < -0.4 is 5.32 Å². The fourth-order valence-electron chi connectivity index (χ4n) is 2.88. The van der Waals surface area contributed by atoms with E-state index in [4.69, 9.17) is 4.42 Å². The van der Waals surface area contributed by atoms with Crippen molar-refractivity contribution in [1.82, 2.24) is 10.2 Å². The second kappa shape index (κ2) is 7.48. The molecule has 112 valence electrons. The topological polar surface area (TPSA) is 45.5 Å². The Balaban J connectivity index is 1.93. The van der Waals surface area contributed by atoms with E-state index in [1.165, 1.54) is 12.8 Å². The molecular formula is C16H26N2O2. The number of amides is 1. The Kier molecular flexibility index (Phi) is 5.65. The number of likely N-dealkylation sites (tertiary alicyclic amines) is 1. The lowest BCUT2D eigenvalue weighted by Gasteiger charge is -2.26. The highest BCUT2D eigenvalue weighted by molar-refractivity contribution is 5.78. The zero-order valence-electron chi connectivity index (χ0n) is 12.6. The van der Waals surface area contributed by atoms with Crippen molar-refractivity contribution in [3.05, 3.63) is 24.2 Å². The number of hydrogen-bond acceptors (Lipinski definition) is 3. The standard InChI is InChI=1S/C16H26N2O2/c1-3-7-13(2)16(19)17-12-14(15-8-6-11-20-15)18-9-4-5-10-18/h6,8,11,13-14H,3-5,7,9-10,12H2,1-2H3,(H,17,19). The highest BCUT2D eigenvalue weighted by Gasteiger charge is 2.26. The van der Waals surface area contributed by atoms with Gasteiger partial charge in [0.1, 0.15) is 5.76 Å². The van der Waals surface area contributed by atoms with Gasteiger partial charge in [-0.1, -0.05) is 20.3 Å². The molecule has 1 saturated heterocycles. The van der Waals surface area contributed by atoms with Crippen molar-refractivity contribution in [2.24, 2.45) is 5.92 Å². The van der Waals surface area contributed by atoms with E-state index in [1.807, 2.05) is 19.1 Å². The van der Waals surface area contributed by atoms with Crippen LogP contribution in [0.2, 0.25) is 0 Å². The van der Waals surface area contributed by atoms with Crippen molar-refractivity contribution >= 4 is 5.91 Å². The van der Waals surface area contributed by atoms with E-state index in [9.17, 15) is 4.79 Å². The first-order valence-electron chi connectivity index (χ1n) is 7.77. The molecule has 0 saturated carbocycles. The lowest BCUT2D eigenvalue weighted by Crippen LogP contribution is -2.38. The zero-order valence-corrected chi connectivity index (χ0v) is 12.6. The average molecular weight is 278 g/mol. The van der Waals surface area contributed by atoms with Gasteiger partial charge in [0, 0.05) is 12.5 Å². The summed E-state index contributed by atoms with van der Waals surface area (Å²) in [5, 5.41) is 3.09. The first kappa shape index (κ1) is 15.1. The van der Waals surface area contributed by atoms with E-state index in [-0.39, 0.29) is 17.9 Å². The van der Waals surface area contributed by atoms with Crippen LogP contribution in [0.15, 0.2) is 22.8 Å². The Bertz CT molecular complexity index is 397. The summed E-state index contributed by atoms with van der Waals surface area (Å²) in [6.07, 6.45) is 6.16. The van der Waals surface area contributed by atoms with Crippen molar-refractivity contribution in [1.29, 1.82) is 0 Å². The molecule has 1 aromatic rings. The lowest BCUT2D eigenvalue weighted by molar-refractivity contribution is -0.125. The van der Waals surface area contributed by atoms with Crippen molar-refractivity contribution in [3.8, 4) is 0 Å². The minimum Gasteiger partial charge on any atom is -0.468 e. The first-order chi connectivity index (χ1) is 9.72. The molecule has 0 aromatic carbocycles. The molecule has 2 rings (SSSR count). The third kappa shape index (κ3) is 3.85. The molecule has 2 heterocycles. The van der Waals surface area contributed by atoms with Crippen LogP contribution in [0.1, 0.15) is 51.3 Å². The van der Waals surface area contributed by atoms with Gasteiger partial charge in [0.2, 0.25) is 5.91 Å². The maximum Gasteiger partial charge on any atom is 0.222 e. The molecule has 1 N–H and O–H groups in total. The molecule has 0 bridgehead atoms. The molecule has 20 heavy (non-hydrogen) atoms. The van der Waals surface area contributed by atoms with Gasteiger partial charge in [0.25, 0.3) is 0 Å². The van der Waals surface area contributed by atoms with Gasteiger partial charge in [-0.05, 0) is 44.5 Å². The highest BCUT2D eigenvalue weighted by atomic mass is 16.3. The van der Waals surface area contributed by atoms with E-state index >= 15 is 0 Å². The van der Waals surface area contributed by atoms with Crippen molar-refractivity contribution in [2.75, 3.05) is 19.6 Å². The summed E-state index contributed by atoms with van der Waals surface area (Å²) in [4.78, 5) is 14.5. The quantitative estimate of drug-likeness (QED) is 0.834. The molecule has 4 heteroatoms. The second-order valence-electron chi connectivity index (χ2n) is 5.71. The molecule has 2 atom stereocenters. The summed E-state index contributed by atoms with van der Waals surface area (Å²) < 4.78 is 5.56. The first-order valence-corrected chi connectivity index (χ1v) is 7.77. The van der Waals surface area contributed by atoms with Gasteiger partial charge < -0.3 is 9.73 Å². The van der Waals surface area contributed by atoms with Gasteiger partial charge in [0.15, 0.2) is 0 Å². The molecular weight excluding hydrogens is 252 g/mol. The molecule has 0 aliphatic carbocycles. The van der Waals surface area contributed by atoms with E-state index in [2.05, 4.69) is 17.1 Å². The highest BCUT2D eigenvalue weighted by Crippen LogP contribution is 2.25. The molecule has 1 fully saturated rings. The maximum absolute atomic E-state index is 12.1. The smallest absolute Gasteiger partial charge is 0.222 e. The number of carbonyl (C=O) groups excluding carboxylic acids is 1. The number of hydrogen-bond donors (Lipinski definition) is 1. The van der Waals surface area contributed by atoms with Crippen LogP contribution in [0.3, 0.4) is 0 Å². The van der Waals surface area contributed by atoms with Gasteiger partial charge in [-0.2, -0.15) is 0 Å². The largest absolute Gasteiger partial charge is 0.468 e. The molecule has 1 aliphatic heterocycles. The van der Waals surface area contributed by atoms with E-state index < -0.39 is 0 Å². The van der Waals surface area contributed by atoms with Crippen molar-refractivity contribution < 1.29 is 9.21 Å². The Morgan fingerprint density at radius 3 is 2.80 bits per heavy atom. The predicted molar refractivity (Wildman–Crippen MR) is 79.3 cm³/mol. The monoisotopic (exact) mass is 278 g/mol. The van der Waals surface area contributed by atoms with Crippen LogP contribution in [-0.2, 0) is 4.79 Å². The lowest BCUT2D eigenvalue weighted by atomic mass is 10.1. The molecule has 0 spiro atoms. The van der Waals surface area contributed by atoms with Gasteiger partial charge in [-0.25, -0.2) is 0 Å². The SMILES string of the molecule is CCCC(C)C(=O)NCC(c1ccco1)N1CCCC1. The summed E-state index contributed by atoms with van der Waals surface area (Å²) >= 11 is 0. The van der Waals surface area contributed by atoms with Crippen LogP contribution in [0.4, 0.5) is 0 Å². The molecule has 0 radical (unpaired) electrons. The van der Waals surface area contributed by atoms with Crippen LogP contribution in [0.5, 0.6) is 0 Å². The van der Waals surface area contributed by atoms with E-state index in [0.717, 1.165) is 31.7 Å². The molecule has 2 unspecified atom stereocenters. The van der Waals surface area contributed by atoms with Gasteiger partial charge in [0.05, 0.1) is 12.3 Å². The minimum absolute atomic E-state index is 0.0934. The molecule has 4 nitrogen and oxygen atoms in total. The summed E-state index contributed by atoms with van der Waals surface area (Å²) in [6, 6.07) is 4.09. The molecule has 1 aromatic heterocycles. The number of furan rings is 1. The summed E-state index contributed by atoms with van der Waals surface area (Å²) in [5.74, 6) is 1.20. The van der Waals surface area contributed by atoms with E-state index in [0.29, 0.717) is 6.54 Å². The summed E-state index contributed by atoms with van der Waals surface area (Å²) in [6.45, 7) is 6.92. The third-order valence-electron chi connectivity index (χ3n) is 4.09. The Morgan fingerprint density at radius 1 is 1.45 bits per heavy atom. The molecule has 1 aliphatic rings. The third-order valence-corrected chi connectivity index (χ3v) is 4.09. The minimum atomic E-state index is 0.0934. The number of nitrogens with one attached hydrogen (secondary N) is 1. The Morgan fingerprint density at radius 2 is 2.20 bits per heavy atom. The van der Waals surface area contributed by atoms with Gasteiger partial charge >= 0.3 is 0 Å². The average Bonchev–Trinajstić information content (AvgIpc) is 3.12. The van der Waals surface area contributed by atoms with Gasteiger partial charge in [-0.3, -0.25) is 9.69 Å². The fourth-order valence-corrected chi connectivity index (χ4v) is 2.88. The van der Waals surface area contributed by atoms with Gasteiger partial charge in [-0.15, -0.1) is 0 Å². The summed E-state index contributed by atoms with van der Waals surface area (Å²) in [7, 11) is 0. The number of nitrogens with zero attached hydrogens (tertiary/aromatic N) is 1. The zero-order chi connectivity index (χ0) is 14.4. The predicted octanol–water partition coefficient (Wildman–Crippen LogP) is 2.97. The van der Waals surface area contributed by atoms with Crippen molar-refractivity contribution in [2.45, 2.75) is 45.6 Å². The van der Waals surface area contributed by atoms with Crippen LogP contribution in [0, 0.1) is 5.92 Å². The van der Waals surface area contributed by atoms with Crippen LogP contribution in [-0.4, -0.2) is 30.4 Å².